The first-order valence-electron chi connectivity index (χ1n) is 8.46. The maximum Gasteiger partial charge on any atom is 0.272 e. The van der Waals surface area contributed by atoms with Crippen molar-refractivity contribution in [2.75, 3.05) is 66.5 Å². The van der Waals surface area contributed by atoms with Crippen LogP contribution < -0.4 is 0 Å². The lowest BCUT2D eigenvalue weighted by atomic mass is 10.1. The Kier molecular flexibility index (Phi) is 5.11. The van der Waals surface area contributed by atoms with E-state index in [2.05, 4.69) is 28.9 Å². The lowest BCUT2D eigenvalue weighted by Crippen LogP contribution is -2.47. The summed E-state index contributed by atoms with van der Waals surface area (Å²) in [6.07, 6.45) is 1.56. The smallest absolute Gasteiger partial charge is 0.272 e. The van der Waals surface area contributed by atoms with Gasteiger partial charge < -0.3 is 19.6 Å². The van der Waals surface area contributed by atoms with Gasteiger partial charge in [0.25, 0.3) is 11.8 Å². The second kappa shape index (κ2) is 7.27. The van der Waals surface area contributed by atoms with Crippen molar-refractivity contribution in [1.82, 2.24) is 24.6 Å². The molecule has 0 atom stereocenters. The van der Waals surface area contributed by atoms with Crippen molar-refractivity contribution in [2.45, 2.75) is 0 Å². The molecule has 2 saturated heterocycles. The van der Waals surface area contributed by atoms with Gasteiger partial charge in [-0.15, -0.1) is 0 Å². The standard InChI is InChI=1S/C17H25N5O2/c1-19-5-9-21(10-6-19)16(23)14-3-4-18-15(13-14)17(24)22-11-7-20(2)8-12-22/h3-4,13H,5-12H2,1-2H3. The Morgan fingerprint density at radius 3 is 1.88 bits per heavy atom. The molecule has 24 heavy (non-hydrogen) atoms. The van der Waals surface area contributed by atoms with Crippen molar-refractivity contribution in [3.8, 4) is 0 Å². The summed E-state index contributed by atoms with van der Waals surface area (Å²) in [4.78, 5) is 37.5. The minimum absolute atomic E-state index is 0.0158. The molecule has 0 bridgehead atoms. The van der Waals surface area contributed by atoms with Crippen LogP contribution in [0.1, 0.15) is 20.8 Å². The van der Waals surface area contributed by atoms with Crippen LogP contribution in [-0.2, 0) is 0 Å². The summed E-state index contributed by atoms with van der Waals surface area (Å²) in [5, 5.41) is 0. The summed E-state index contributed by atoms with van der Waals surface area (Å²) >= 11 is 0. The lowest BCUT2D eigenvalue weighted by molar-refractivity contribution is 0.0657. The molecule has 0 N–H and O–H groups in total. The number of rotatable bonds is 2. The van der Waals surface area contributed by atoms with Gasteiger partial charge in [0, 0.05) is 64.1 Å². The fourth-order valence-electron chi connectivity index (χ4n) is 3.04. The lowest BCUT2D eigenvalue weighted by Gasteiger charge is -2.33. The van der Waals surface area contributed by atoms with E-state index in [4.69, 9.17) is 0 Å². The minimum Gasteiger partial charge on any atom is -0.336 e. The number of likely N-dealkylation sites (N-methyl/N-ethyl adjacent to an activating group) is 2. The molecule has 3 heterocycles. The Morgan fingerprint density at radius 1 is 0.833 bits per heavy atom. The summed E-state index contributed by atoms with van der Waals surface area (Å²) in [6.45, 7) is 6.34. The highest BCUT2D eigenvalue weighted by Crippen LogP contribution is 2.12. The molecule has 130 valence electrons. The van der Waals surface area contributed by atoms with Crippen molar-refractivity contribution in [3.05, 3.63) is 29.6 Å². The van der Waals surface area contributed by atoms with E-state index in [-0.39, 0.29) is 11.8 Å². The molecule has 0 aliphatic carbocycles. The Bertz CT molecular complexity index is 556. The van der Waals surface area contributed by atoms with Crippen LogP contribution in [0.25, 0.3) is 0 Å². The summed E-state index contributed by atoms with van der Waals surface area (Å²) in [7, 11) is 4.11. The van der Waals surface area contributed by atoms with Crippen molar-refractivity contribution in [2.24, 2.45) is 0 Å². The number of hydrogen-bond acceptors (Lipinski definition) is 5. The molecular formula is C17H25N5O2. The van der Waals surface area contributed by atoms with E-state index in [1.807, 2.05) is 9.80 Å². The maximum atomic E-state index is 12.6. The van der Waals surface area contributed by atoms with Gasteiger partial charge in [-0.25, -0.2) is 0 Å². The summed E-state index contributed by atoms with van der Waals surface area (Å²) in [6, 6.07) is 3.34. The number of pyridine rings is 1. The number of aromatic nitrogens is 1. The van der Waals surface area contributed by atoms with E-state index in [1.54, 1.807) is 18.3 Å². The summed E-state index contributed by atoms with van der Waals surface area (Å²) in [5.41, 5.74) is 0.909. The van der Waals surface area contributed by atoms with Crippen LogP contribution in [0.2, 0.25) is 0 Å². The van der Waals surface area contributed by atoms with Gasteiger partial charge in [-0.05, 0) is 26.2 Å². The second-order valence-corrected chi connectivity index (χ2v) is 6.62. The number of hydrogen-bond donors (Lipinski definition) is 0. The van der Waals surface area contributed by atoms with Gasteiger partial charge >= 0.3 is 0 Å². The summed E-state index contributed by atoms with van der Waals surface area (Å²) < 4.78 is 0. The van der Waals surface area contributed by atoms with Crippen LogP contribution in [0, 0.1) is 0 Å². The largest absolute Gasteiger partial charge is 0.336 e. The molecule has 3 rings (SSSR count). The van der Waals surface area contributed by atoms with Gasteiger partial charge in [0.15, 0.2) is 0 Å². The quantitative estimate of drug-likeness (QED) is 0.755. The molecule has 0 spiro atoms. The highest BCUT2D eigenvalue weighted by atomic mass is 16.2. The van der Waals surface area contributed by atoms with Gasteiger partial charge in [0.2, 0.25) is 0 Å². The van der Waals surface area contributed by atoms with Gasteiger partial charge in [-0.2, -0.15) is 0 Å². The molecule has 2 fully saturated rings. The maximum absolute atomic E-state index is 12.6. The van der Waals surface area contributed by atoms with E-state index < -0.39 is 0 Å². The van der Waals surface area contributed by atoms with Crippen LogP contribution >= 0.6 is 0 Å². The predicted molar refractivity (Wildman–Crippen MR) is 91.0 cm³/mol. The zero-order chi connectivity index (χ0) is 17.1. The topological polar surface area (TPSA) is 60.0 Å². The predicted octanol–water partition coefficient (Wildman–Crippen LogP) is -0.143. The van der Waals surface area contributed by atoms with Crippen LogP contribution in [-0.4, -0.2) is 103 Å². The number of piperazine rings is 2. The van der Waals surface area contributed by atoms with Crippen LogP contribution in [0.3, 0.4) is 0 Å². The molecule has 2 amide bonds. The first-order chi connectivity index (χ1) is 11.5. The SMILES string of the molecule is CN1CCN(C(=O)c2ccnc(C(=O)N3CCN(C)CC3)c2)CC1. The molecule has 7 heteroatoms. The van der Waals surface area contributed by atoms with E-state index in [0.717, 1.165) is 39.3 Å². The van der Waals surface area contributed by atoms with E-state index >= 15 is 0 Å². The second-order valence-electron chi connectivity index (χ2n) is 6.62. The Labute approximate surface area is 142 Å². The first kappa shape index (κ1) is 16.9. The van der Waals surface area contributed by atoms with Crippen LogP contribution in [0.4, 0.5) is 0 Å². The van der Waals surface area contributed by atoms with Gasteiger partial charge in [-0.1, -0.05) is 0 Å². The van der Waals surface area contributed by atoms with E-state index in [0.29, 0.717) is 24.3 Å². The normalized spacial score (nSPS) is 20.2. The third-order valence-corrected chi connectivity index (χ3v) is 4.81. The van der Waals surface area contributed by atoms with Gasteiger partial charge in [0.05, 0.1) is 0 Å². The van der Waals surface area contributed by atoms with Gasteiger partial charge in [0.1, 0.15) is 5.69 Å². The molecule has 7 nitrogen and oxygen atoms in total. The molecule has 0 aromatic carbocycles. The molecule has 0 unspecified atom stereocenters. The number of carbonyl (C=O) groups is 2. The van der Waals surface area contributed by atoms with Gasteiger partial charge in [-0.3, -0.25) is 14.6 Å². The summed E-state index contributed by atoms with van der Waals surface area (Å²) in [5.74, 6) is -0.103. The zero-order valence-corrected chi connectivity index (χ0v) is 14.4. The fourth-order valence-corrected chi connectivity index (χ4v) is 3.04. The van der Waals surface area contributed by atoms with Crippen molar-refractivity contribution < 1.29 is 9.59 Å². The molecule has 1 aromatic rings. The molecule has 0 radical (unpaired) electrons. The van der Waals surface area contributed by atoms with Crippen LogP contribution in [0.5, 0.6) is 0 Å². The zero-order valence-electron chi connectivity index (χ0n) is 14.4. The molecule has 2 aliphatic heterocycles. The molecule has 0 saturated carbocycles. The fraction of sp³-hybridized carbons (Fsp3) is 0.588. The van der Waals surface area contributed by atoms with E-state index in [9.17, 15) is 9.59 Å². The number of nitrogens with zero attached hydrogens (tertiary/aromatic N) is 5. The Morgan fingerprint density at radius 2 is 1.33 bits per heavy atom. The third-order valence-electron chi connectivity index (χ3n) is 4.81. The number of carbonyl (C=O) groups excluding carboxylic acids is 2. The highest BCUT2D eigenvalue weighted by molar-refractivity contribution is 5.98. The minimum atomic E-state index is -0.0869. The molecule has 2 aliphatic rings. The number of amides is 2. The van der Waals surface area contributed by atoms with Crippen molar-refractivity contribution >= 4 is 11.8 Å². The Balaban J connectivity index is 1.69. The van der Waals surface area contributed by atoms with Crippen LogP contribution in [0.15, 0.2) is 18.3 Å². The van der Waals surface area contributed by atoms with Crippen molar-refractivity contribution in [1.29, 1.82) is 0 Å². The molecule has 1 aromatic heterocycles. The van der Waals surface area contributed by atoms with E-state index in [1.165, 1.54) is 0 Å². The van der Waals surface area contributed by atoms with Crippen molar-refractivity contribution in [3.63, 3.8) is 0 Å². The average Bonchev–Trinajstić information content (AvgIpc) is 2.62. The highest BCUT2D eigenvalue weighted by Gasteiger charge is 2.24. The average molecular weight is 331 g/mol. The monoisotopic (exact) mass is 331 g/mol. The third kappa shape index (κ3) is 3.73. The Hall–Kier alpha value is -1.99. The molecular weight excluding hydrogens is 306 g/mol. The first-order valence-corrected chi connectivity index (χ1v) is 8.46.